The Kier molecular flexibility index (Phi) is 6.20. The number of likely N-dealkylation sites (N-methyl/N-ethyl adjacent to an activating group) is 1. The van der Waals surface area contributed by atoms with E-state index in [1.165, 1.54) is 0 Å². The van der Waals surface area contributed by atoms with Crippen LogP contribution < -0.4 is 5.43 Å². The summed E-state index contributed by atoms with van der Waals surface area (Å²) >= 11 is 0. The van der Waals surface area contributed by atoms with Crippen molar-refractivity contribution in [3.05, 3.63) is 28.1 Å². The summed E-state index contributed by atoms with van der Waals surface area (Å²) < 4.78 is 10.9. The lowest BCUT2D eigenvalue weighted by Gasteiger charge is -2.10. The Labute approximate surface area is 153 Å². The maximum absolute atomic E-state index is 12.4. The molecule has 0 aromatic carbocycles. The number of nitrogens with one attached hydrogen (secondary N) is 2. The highest BCUT2D eigenvalue weighted by atomic mass is 16.5. The van der Waals surface area contributed by atoms with Crippen LogP contribution in [0.25, 0.3) is 6.08 Å². The Hall–Kier alpha value is -2.61. The highest BCUT2D eigenvalue weighted by Gasteiger charge is 2.27. The van der Waals surface area contributed by atoms with Crippen molar-refractivity contribution >= 4 is 23.9 Å². The van der Waals surface area contributed by atoms with E-state index in [4.69, 9.17) is 9.47 Å². The van der Waals surface area contributed by atoms with Crippen molar-refractivity contribution in [1.29, 1.82) is 0 Å². The molecule has 1 aliphatic heterocycles. The molecule has 0 aliphatic carbocycles. The van der Waals surface area contributed by atoms with Crippen LogP contribution in [0.15, 0.2) is 10.7 Å². The van der Waals surface area contributed by atoms with E-state index < -0.39 is 0 Å². The third-order valence-corrected chi connectivity index (χ3v) is 3.82. The van der Waals surface area contributed by atoms with Crippen molar-refractivity contribution < 1.29 is 19.1 Å². The molecule has 26 heavy (non-hydrogen) atoms. The van der Waals surface area contributed by atoms with Gasteiger partial charge in [0.25, 0.3) is 5.91 Å². The van der Waals surface area contributed by atoms with Crippen molar-refractivity contribution in [3.8, 4) is 0 Å². The third-order valence-electron chi connectivity index (χ3n) is 3.82. The van der Waals surface area contributed by atoms with Crippen LogP contribution in [0.5, 0.6) is 0 Å². The molecule has 0 fully saturated rings. The van der Waals surface area contributed by atoms with Gasteiger partial charge in [0, 0.05) is 17.9 Å². The van der Waals surface area contributed by atoms with Crippen LogP contribution in [-0.2, 0) is 14.3 Å². The van der Waals surface area contributed by atoms with Crippen LogP contribution in [0, 0.1) is 13.8 Å². The Balaban J connectivity index is 2.25. The van der Waals surface area contributed by atoms with Gasteiger partial charge >= 0.3 is 5.97 Å². The Morgan fingerprint density at radius 3 is 2.62 bits per heavy atom. The number of nitrogens with zero attached hydrogens (tertiary/aromatic N) is 2. The molecule has 2 rings (SSSR count). The first-order chi connectivity index (χ1) is 12.2. The number of amides is 1. The van der Waals surface area contributed by atoms with E-state index in [1.54, 1.807) is 13.0 Å². The maximum Gasteiger partial charge on any atom is 0.340 e. The molecule has 0 saturated carbocycles. The third kappa shape index (κ3) is 4.51. The lowest BCUT2D eigenvalue weighted by atomic mass is 10.1. The van der Waals surface area contributed by atoms with Gasteiger partial charge in [-0.05, 0) is 53.4 Å². The fraction of sp³-hybridized carbons (Fsp3) is 0.500. The van der Waals surface area contributed by atoms with Gasteiger partial charge in [0.1, 0.15) is 12.2 Å². The predicted octanol–water partition coefficient (Wildman–Crippen LogP) is 1.60. The number of aromatic nitrogens is 1. The first kappa shape index (κ1) is 19.7. The van der Waals surface area contributed by atoms with E-state index in [2.05, 4.69) is 15.5 Å². The summed E-state index contributed by atoms with van der Waals surface area (Å²) in [5.41, 5.74) is 5.24. The van der Waals surface area contributed by atoms with Crippen molar-refractivity contribution in [1.82, 2.24) is 15.3 Å². The number of aromatic amines is 1. The Bertz CT molecular complexity index is 759. The minimum atomic E-state index is -0.383. The zero-order valence-electron chi connectivity index (χ0n) is 16.1. The number of carbonyl (C=O) groups excluding carboxylic acids is 2. The monoisotopic (exact) mass is 362 g/mol. The molecule has 1 aromatic rings. The summed E-state index contributed by atoms with van der Waals surface area (Å²) in [6, 6.07) is 0. The summed E-state index contributed by atoms with van der Waals surface area (Å²) in [5.74, 6) is -0.486. The van der Waals surface area contributed by atoms with Crippen LogP contribution in [-0.4, -0.2) is 61.0 Å². The van der Waals surface area contributed by atoms with Crippen LogP contribution in [0.2, 0.25) is 0 Å². The molecule has 0 bridgehead atoms. The number of hydrogen-bond acceptors (Lipinski definition) is 6. The van der Waals surface area contributed by atoms with Gasteiger partial charge < -0.3 is 19.4 Å². The lowest BCUT2D eigenvalue weighted by Crippen LogP contribution is -2.20. The quantitative estimate of drug-likeness (QED) is 0.592. The van der Waals surface area contributed by atoms with Crippen LogP contribution in [0.4, 0.5) is 0 Å². The van der Waals surface area contributed by atoms with Gasteiger partial charge in [-0.3, -0.25) is 4.79 Å². The first-order valence-electron chi connectivity index (χ1n) is 8.48. The van der Waals surface area contributed by atoms with Gasteiger partial charge in [0.15, 0.2) is 0 Å². The number of carbonyl (C=O) groups is 2. The van der Waals surface area contributed by atoms with Gasteiger partial charge in [-0.25, -0.2) is 10.2 Å². The van der Waals surface area contributed by atoms with E-state index in [0.29, 0.717) is 41.2 Å². The van der Waals surface area contributed by atoms with Crippen LogP contribution in [0.3, 0.4) is 0 Å². The molecule has 0 saturated heterocycles. The smallest absolute Gasteiger partial charge is 0.340 e. The molecule has 8 heteroatoms. The summed E-state index contributed by atoms with van der Waals surface area (Å²) in [6.45, 7) is 8.28. The van der Waals surface area contributed by atoms with Crippen molar-refractivity contribution in [2.75, 3.05) is 27.2 Å². The average molecular weight is 362 g/mol. The molecule has 1 aliphatic rings. The van der Waals surface area contributed by atoms with E-state index in [0.717, 1.165) is 0 Å². The van der Waals surface area contributed by atoms with E-state index in [-0.39, 0.29) is 23.9 Å². The fourth-order valence-electron chi connectivity index (χ4n) is 2.52. The van der Waals surface area contributed by atoms with Gasteiger partial charge in [0.2, 0.25) is 5.90 Å². The number of hydrazone groups is 1. The molecule has 2 heterocycles. The zero-order valence-corrected chi connectivity index (χ0v) is 16.1. The van der Waals surface area contributed by atoms with E-state index in [1.807, 2.05) is 39.8 Å². The normalized spacial score (nSPS) is 15.6. The van der Waals surface area contributed by atoms with Gasteiger partial charge in [-0.1, -0.05) is 0 Å². The average Bonchev–Trinajstić information content (AvgIpc) is 3.00. The largest absolute Gasteiger partial charge is 0.473 e. The summed E-state index contributed by atoms with van der Waals surface area (Å²) in [6.07, 6.45) is 1.53. The number of ether oxygens (including phenoxy) is 2. The molecule has 1 amide bonds. The molecule has 8 nitrogen and oxygen atoms in total. The second kappa shape index (κ2) is 8.18. The molecule has 0 spiro atoms. The van der Waals surface area contributed by atoms with Gasteiger partial charge in [0.05, 0.1) is 11.7 Å². The molecule has 0 radical (unpaired) electrons. The number of esters is 1. The minimum absolute atomic E-state index is 0.112. The minimum Gasteiger partial charge on any atom is -0.473 e. The van der Waals surface area contributed by atoms with Crippen molar-refractivity contribution in [2.24, 2.45) is 5.10 Å². The predicted molar refractivity (Wildman–Crippen MR) is 98.9 cm³/mol. The first-order valence-corrected chi connectivity index (χ1v) is 8.48. The second-order valence-corrected chi connectivity index (χ2v) is 6.69. The fourth-order valence-corrected chi connectivity index (χ4v) is 2.52. The highest BCUT2D eigenvalue weighted by molar-refractivity contribution is 6.24. The topological polar surface area (TPSA) is 96.0 Å². The maximum atomic E-state index is 12.4. The molecule has 1 aromatic heterocycles. The standard InChI is InChI=1S/C18H26N4O4/c1-10(2)26-17-13(16(23)20-21-17)9-14-11(3)15(12(4)19-14)18(24)25-8-7-22(5)6/h9-10,19H,7-8H2,1-6H3,(H,20,23)/b13-9-. The van der Waals surface area contributed by atoms with E-state index >= 15 is 0 Å². The summed E-state index contributed by atoms with van der Waals surface area (Å²) in [5, 5.41) is 3.90. The number of hydrogen-bond donors (Lipinski definition) is 2. The number of rotatable bonds is 6. The van der Waals surface area contributed by atoms with Crippen molar-refractivity contribution in [3.63, 3.8) is 0 Å². The molecule has 2 N–H and O–H groups in total. The molecule has 142 valence electrons. The molecular weight excluding hydrogens is 336 g/mol. The lowest BCUT2D eigenvalue weighted by molar-refractivity contribution is -0.116. The van der Waals surface area contributed by atoms with Crippen LogP contribution in [0.1, 0.15) is 41.2 Å². The molecule has 0 atom stereocenters. The Morgan fingerprint density at radius 1 is 1.31 bits per heavy atom. The zero-order chi connectivity index (χ0) is 19.4. The molecular formula is C18H26N4O4. The van der Waals surface area contributed by atoms with Gasteiger partial charge in [-0.2, -0.15) is 0 Å². The SMILES string of the molecule is Cc1[nH]c(/C=C2/C(=O)NN=C2OC(C)C)c(C)c1C(=O)OCCN(C)C. The summed E-state index contributed by atoms with van der Waals surface area (Å²) in [4.78, 5) is 29.5. The van der Waals surface area contributed by atoms with Crippen molar-refractivity contribution in [2.45, 2.75) is 33.8 Å². The van der Waals surface area contributed by atoms with Crippen LogP contribution >= 0.6 is 0 Å². The Morgan fingerprint density at radius 2 is 2.00 bits per heavy atom. The number of aryl methyl sites for hydroxylation is 1. The van der Waals surface area contributed by atoms with Gasteiger partial charge in [-0.15, -0.1) is 5.10 Å². The molecule has 0 unspecified atom stereocenters. The summed E-state index contributed by atoms with van der Waals surface area (Å²) in [7, 11) is 3.83. The number of H-pyrrole nitrogens is 1. The second-order valence-electron chi connectivity index (χ2n) is 6.69. The highest BCUT2D eigenvalue weighted by Crippen LogP contribution is 2.23. The van der Waals surface area contributed by atoms with E-state index in [9.17, 15) is 9.59 Å².